The van der Waals surface area contributed by atoms with Crippen LogP contribution in [-0.4, -0.2) is 11.5 Å². The van der Waals surface area contributed by atoms with Gasteiger partial charge in [0, 0.05) is 18.7 Å². The van der Waals surface area contributed by atoms with E-state index in [1.165, 1.54) is 6.07 Å². The van der Waals surface area contributed by atoms with Gasteiger partial charge in [-0.2, -0.15) is 0 Å². The molecular weight excluding hydrogens is 180 g/mol. The highest BCUT2D eigenvalue weighted by Crippen LogP contribution is 2.16. The van der Waals surface area contributed by atoms with Gasteiger partial charge >= 0.3 is 0 Å². The monoisotopic (exact) mass is 194 g/mol. The van der Waals surface area contributed by atoms with Gasteiger partial charge in [-0.25, -0.2) is 0 Å². The van der Waals surface area contributed by atoms with Gasteiger partial charge in [-0.05, 0) is 24.6 Å². The molecule has 4 heteroatoms. The first-order valence-electron chi connectivity index (χ1n) is 4.59. The second kappa shape index (κ2) is 4.72. The van der Waals surface area contributed by atoms with E-state index in [2.05, 4.69) is 5.32 Å². The lowest BCUT2D eigenvalue weighted by atomic mass is 10.1. The first-order chi connectivity index (χ1) is 6.65. The van der Waals surface area contributed by atoms with E-state index in [1.807, 2.05) is 13.8 Å². The molecule has 0 aliphatic carbocycles. The molecule has 0 aliphatic heterocycles. The third-order valence-electron chi connectivity index (χ3n) is 2.11. The lowest BCUT2D eigenvalue weighted by molar-refractivity contribution is -0.384. The van der Waals surface area contributed by atoms with Crippen molar-refractivity contribution >= 4 is 5.69 Å². The summed E-state index contributed by atoms with van der Waals surface area (Å²) in [5, 5.41) is 13.7. The molecule has 76 valence electrons. The summed E-state index contributed by atoms with van der Waals surface area (Å²) in [6, 6.07) is 4.94. The second-order valence-corrected chi connectivity index (χ2v) is 3.15. The molecule has 0 spiro atoms. The van der Waals surface area contributed by atoms with E-state index in [0.717, 1.165) is 17.7 Å². The number of rotatable bonds is 4. The van der Waals surface area contributed by atoms with Gasteiger partial charge < -0.3 is 5.32 Å². The molecular formula is C10H14N2O2. The topological polar surface area (TPSA) is 55.2 Å². The standard InChI is InChI=1S/C10H14N2O2/c1-3-11-7-9-6-10(12(13)14)5-4-8(9)2/h4-6,11H,3,7H2,1-2H3. The highest BCUT2D eigenvalue weighted by Gasteiger charge is 2.07. The molecule has 0 radical (unpaired) electrons. The average Bonchev–Trinajstić information content (AvgIpc) is 2.16. The van der Waals surface area contributed by atoms with E-state index in [0.29, 0.717) is 6.54 Å². The number of nitrogens with zero attached hydrogens (tertiary/aromatic N) is 1. The minimum atomic E-state index is -0.366. The molecule has 1 rings (SSSR count). The molecule has 14 heavy (non-hydrogen) atoms. The van der Waals surface area contributed by atoms with Crippen LogP contribution in [0.5, 0.6) is 0 Å². The second-order valence-electron chi connectivity index (χ2n) is 3.15. The molecule has 0 amide bonds. The fourth-order valence-electron chi connectivity index (χ4n) is 1.22. The third-order valence-corrected chi connectivity index (χ3v) is 2.11. The Morgan fingerprint density at radius 2 is 2.21 bits per heavy atom. The summed E-state index contributed by atoms with van der Waals surface area (Å²) in [6.45, 7) is 5.51. The zero-order valence-corrected chi connectivity index (χ0v) is 8.41. The van der Waals surface area contributed by atoms with Crippen LogP contribution < -0.4 is 5.32 Å². The van der Waals surface area contributed by atoms with Crippen LogP contribution in [0.25, 0.3) is 0 Å². The van der Waals surface area contributed by atoms with Crippen LogP contribution in [0.2, 0.25) is 0 Å². The summed E-state index contributed by atoms with van der Waals surface area (Å²) in [4.78, 5) is 10.2. The van der Waals surface area contributed by atoms with Crippen LogP contribution >= 0.6 is 0 Å². The molecule has 0 saturated carbocycles. The Hall–Kier alpha value is -1.42. The first-order valence-corrected chi connectivity index (χ1v) is 4.59. The first kappa shape index (κ1) is 10.7. The summed E-state index contributed by atoms with van der Waals surface area (Å²) in [7, 11) is 0. The molecule has 0 bridgehead atoms. The van der Waals surface area contributed by atoms with Crippen LogP contribution in [0, 0.1) is 17.0 Å². The average molecular weight is 194 g/mol. The van der Waals surface area contributed by atoms with Crippen molar-refractivity contribution in [2.75, 3.05) is 6.54 Å². The van der Waals surface area contributed by atoms with Crippen molar-refractivity contribution in [1.82, 2.24) is 5.32 Å². The van der Waals surface area contributed by atoms with E-state index >= 15 is 0 Å². The zero-order valence-electron chi connectivity index (χ0n) is 8.41. The van der Waals surface area contributed by atoms with E-state index in [4.69, 9.17) is 0 Å². The van der Waals surface area contributed by atoms with Gasteiger partial charge in [0.25, 0.3) is 5.69 Å². The summed E-state index contributed by atoms with van der Waals surface area (Å²) in [5.41, 5.74) is 2.22. The maximum Gasteiger partial charge on any atom is 0.269 e. The van der Waals surface area contributed by atoms with Crippen molar-refractivity contribution in [3.05, 3.63) is 39.4 Å². The summed E-state index contributed by atoms with van der Waals surface area (Å²) < 4.78 is 0. The number of hydrogen-bond acceptors (Lipinski definition) is 3. The van der Waals surface area contributed by atoms with Gasteiger partial charge in [-0.15, -0.1) is 0 Å². The maximum atomic E-state index is 10.5. The Bertz CT molecular complexity index is 337. The van der Waals surface area contributed by atoms with Gasteiger partial charge in [0.1, 0.15) is 0 Å². The van der Waals surface area contributed by atoms with Crippen molar-refractivity contribution in [3.63, 3.8) is 0 Å². The Kier molecular flexibility index (Phi) is 3.59. The number of nitro groups is 1. The molecule has 0 saturated heterocycles. The molecule has 0 atom stereocenters. The molecule has 0 aromatic heterocycles. The third kappa shape index (κ3) is 2.53. The van der Waals surface area contributed by atoms with E-state index in [-0.39, 0.29) is 10.6 Å². The van der Waals surface area contributed by atoms with Crippen LogP contribution in [0.4, 0.5) is 5.69 Å². The Morgan fingerprint density at radius 3 is 2.79 bits per heavy atom. The quantitative estimate of drug-likeness (QED) is 0.589. The molecule has 0 heterocycles. The van der Waals surface area contributed by atoms with Crippen molar-refractivity contribution in [2.24, 2.45) is 0 Å². The number of aryl methyl sites for hydroxylation is 1. The number of non-ortho nitro benzene ring substituents is 1. The smallest absolute Gasteiger partial charge is 0.269 e. The Morgan fingerprint density at radius 1 is 1.50 bits per heavy atom. The Labute approximate surface area is 83.1 Å². The fraction of sp³-hybridized carbons (Fsp3) is 0.400. The summed E-state index contributed by atoms with van der Waals surface area (Å²) in [6.07, 6.45) is 0. The maximum absolute atomic E-state index is 10.5. The highest BCUT2D eigenvalue weighted by atomic mass is 16.6. The number of benzene rings is 1. The molecule has 0 fully saturated rings. The van der Waals surface area contributed by atoms with E-state index in [1.54, 1.807) is 12.1 Å². The normalized spacial score (nSPS) is 10.1. The van der Waals surface area contributed by atoms with Crippen LogP contribution in [0.1, 0.15) is 18.1 Å². The lowest BCUT2D eigenvalue weighted by Gasteiger charge is -2.05. The SMILES string of the molecule is CCNCc1cc([N+](=O)[O-])ccc1C. The molecule has 1 aromatic carbocycles. The predicted molar refractivity (Wildman–Crippen MR) is 55.2 cm³/mol. The zero-order chi connectivity index (χ0) is 10.6. The van der Waals surface area contributed by atoms with Crippen LogP contribution in [-0.2, 0) is 6.54 Å². The minimum Gasteiger partial charge on any atom is -0.313 e. The summed E-state index contributed by atoms with van der Waals surface area (Å²) in [5.74, 6) is 0. The lowest BCUT2D eigenvalue weighted by Crippen LogP contribution is -2.12. The van der Waals surface area contributed by atoms with Crippen molar-refractivity contribution in [1.29, 1.82) is 0 Å². The number of nitrogens with one attached hydrogen (secondary N) is 1. The minimum absolute atomic E-state index is 0.156. The van der Waals surface area contributed by atoms with Crippen molar-refractivity contribution in [3.8, 4) is 0 Å². The number of hydrogen-bond donors (Lipinski definition) is 1. The van der Waals surface area contributed by atoms with Crippen LogP contribution in [0.15, 0.2) is 18.2 Å². The van der Waals surface area contributed by atoms with Gasteiger partial charge in [0.15, 0.2) is 0 Å². The summed E-state index contributed by atoms with van der Waals surface area (Å²) >= 11 is 0. The van der Waals surface area contributed by atoms with E-state index < -0.39 is 0 Å². The molecule has 4 nitrogen and oxygen atoms in total. The van der Waals surface area contributed by atoms with Gasteiger partial charge in [0.2, 0.25) is 0 Å². The highest BCUT2D eigenvalue weighted by molar-refractivity contribution is 5.39. The Balaban J connectivity index is 2.90. The number of nitro benzene ring substituents is 1. The molecule has 1 N–H and O–H groups in total. The van der Waals surface area contributed by atoms with Gasteiger partial charge in [-0.1, -0.05) is 13.0 Å². The van der Waals surface area contributed by atoms with Crippen molar-refractivity contribution < 1.29 is 4.92 Å². The molecule has 1 aromatic rings. The van der Waals surface area contributed by atoms with Crippen LogP contribution in [0.3, 0.4) is 0 Å². The van der Waals surface area contributed by atoms with E-state index in [9.17, 15) is 10.1 Å². The van der Waals surface area contributed by atoms with Gasteiger partial charge in [-0.3, -0.25) is 10.1 Å². The molecule has 0 unspecified atom stereocenters. The predicted octanol–water partition coefficient (Wildman–Crippen LogP) is 2.01. The largest absolute Gasteiger partial charge is 0.313 e. The fourth-order valence-corrected chi connectivity index (χ4v) is 1.22. The van der Waals surface area contributed by atoms with Crippen molar-refractivity contribution in [2.45, 2.75) is 20.4 Å². The molecule has 0 aliphatic rings. The van der Waals surface area contributed by atoms with Gasteiger partial charge in [0.05, 0.1) is 4.92 Å².